The molecule has 0 spiro atoms. The average molecular weight is 528 g/mol. The van der Waals surface area contributed by atoms with Gasteiger partial charge < -0.3 is 26.8 Å². The number of carbonyl (C=O) groups excluding carboxylic acids is 2. The van der Waals surface area contributed by atoms with Crippen LogP contribution in [-0.4, -0.2) is 41.4 Å². The van der Waals surface area contributed by atoms with E-state index in [1.165, 1.54) is 19.1 Å². The fourth-order valence-corrected chi connectivity index (χ4v) is 5.02. The number of carbonyl (C=O) groups is 2. The van der Waals surface area contributed by atoms with E-state index in [0.717, 1.165) is 31.4 Å². The van der Waals surface area contributed by atoms with Crippen molar-refractivity contribution in [2.45, 2.75) is 50.9 Å². The van der Waals surface area contributed by atoms with Gasteiger partial charge in [0.05, 0.1) is 29.6 Å². The van der Waals surface area contributed by atoms with Gasteiger partial charge in [-0.25, -0.2) is 4.39 Å². The first-order chi connectivity index (χ1) is 17.7. The molecular weight excluding hydrogens is 497 g/mol. The van der Waals surface area contributed by atoms with E-state index in [2.05, 4.69) is 16.0 Å². The molecule has 37 heavy (non-hydrogen) atoms. The zero-order chi connectivity index (χ0) is 26.5. The van der Waals surface area contributed by atoms with Crippen molar-refractivity contribution in [1.82, 2.24) is 16.0 Å². The number of nitrogens with two attached hydrogens (primary N) is 1. The molecule has 196 valence electrons. The van der Waals surface area contributed by atoms with Gasteiger partial charge in [0.2, 0.25) is 5.91 Å². The lowest BCUT2D eigenvalue weighted by molar-refractivity contribution is -0.119. The first-order valence-electron chi connectivity index (χ1n) is 12.3. The number of benzene rings is 2. The van der Waals surface area contributed by atoms with Crippen LogP contribution < -0.4 is 21.7 Å². The van der Waals surface area contributed by atoms with Crippen LogP contribution in [0.4, 0.5) is 4.39 Å². The molecule has 1 saturated carbocycles. The summed E-state index contributed by atoms with van der Waals surface area (Å²) in [4.78, 5) is 28.9. The maximum Gasteiger partial charge on any atom is 0.254 e. The lowest BCUT2D eigenvalue weighted by Crippen LogP contribution is -2.45. The molecule has 1 heterocycles. The highest BCUT2D eigenvalue weighted by atomic mass is 35.5. The largest absolute Gasteiger partial charge is 0.394 e. The van der Waals surface area contributed by atoms with E-state index in [0.29, 0.717) is 21.9 Å². The van der Waals surface area contributed by atoms with Gasteiger partial charge in [-0.2, -0.15) is 0 Å². The Morgan fingerprint density at radius 2 is 1.97 bits per heavy atom. The fourth-order valence-electron chi connectivity index (χ4n) is 4.82. The Hall–Kier alpha value is -3.27. The summed E-state index contributed by atoms with van der Waals surface area (Å²) in [6.45, 7) is 1.15. The number of hydrogen-bond donors (Lipinski definition) is 5. The molecule has 2 amide bonds. The maximum atomic E-state index is 15.1. The molecule has 2 aliphatic rings. The highest BCUT2D eigenvalue weighted by molar-refractivity contribution is 6.30. The Balaban J connectivity index is 1.47. The molecule has 4 rings (SSSR count). The Labute approximate surface area is 220 Å². The standard InChI is InChI=1S/C27H31ClFN5O3/c1-15(36)32-20-8-5-16(6-9-20)23-13-31-26(30)25(33-23)18-7-10-21(22(29)12-18)27(37)34-24(14-35)17-3-2-4-19(28)11-17/h2-4,7,10-13,16,20,24,26,31,35H,5-6,8-9,14,30H2,1H3,(H,32,36)(H,34,37)/t16?,20?,24-,26?/m1/s1. The van der Waals surface area contributed by atoms with Crippen LogP contribution in [0.3, 0.4) is 0 Å². The van der Waals surface area contributed by atoms with E-state index in [9.17, 15) is 14.7 Å². The third-order valence-electron chi connectivity index (χ3n) is 6.76. The van der Waals surface area contributed by atoms with Crippen molar-refractivity contribution in [3.63, 3.8) is 0 Å². The molecule has 10 heteroatoms. The first kappa shape index (κ1) is 26.8. The predicted molar refractivity (Wildman–Crippen MR) is 140 cm³/mol. The van der Waals surface area contributed by atoms with Gasteiger partial charge in [0.15, 0.2) is 0 Å². The van der Waals surface area contributed by atoms with Crippen LogP contribution in [0.15, 0.2) is 59.4 Å². The molecule has 0 saturated heterocycles. The first-order valence-corrected chi connectivity index (χ1v) is 12.7. The molecule has 0 radical (unpaired) electrons. The number of aliphatic imine (C=N–C) groups is 1. The summed E-state index contributed by atoms with van der Waals surface area (Å²) in [6, 6.07) is 10.4. The predicted octanol–water partition coefficient (Wildman–Crippen LogP) is 3.16. The van der Waals surface area contributed by atoms with Crippen LogP contribution in [0, 0.1) is 11.7 Å². The van der Waals surface area contributed by atoms with Crippen molar-refractivity contribution in [1.29, 1.82) is 0 Å². The Morgan fingerprint density at radius 3 is 2.62 bits per heavy atom. The number of allylic oxidation sites excluding steroid dienone is 1. The van der Waals surface area contributed by atoms with Gasteiger partial charge in [0, 0.05) is 35.7 Å². The zero-order valence-corrected chi connectivity index (χ0v) is 21.3. The molecule has 2 atom stereocenters. The van der Waals surface area contributed by atoms with Gasteiger partial charge >= 0.3 is 0 Å². The molecule has 2 aromatic carbocycles. The molecule has 1 aliphatic heterocycles. The quantitative estimate of drug-likeness (QED) is 0.378. The molecule has 6 N–H and O–H groups in total. The molecular formula is C27H31ClFN5O3. The number of amides is 2. The molecule has 1 unspecified atom stereocenters. The summed E-state index contributed by atoms with van der Waals surface area (Å²) in [6.07, 6.45) is 4.65. The number of aliphatic hydroxyl groups is 1. The highest BCUT2D eigenvalue weighted by Crippen LogP contribution is 2.32. The minimum atomic E-state index is -0.737. The van der Waals surface area contributed by atoms with E-state index < -0.39 is 23.9 Å². The minimum absolute atomic E-state index is 0.0243. The van der Waals surface area contributed by atoms with Crippen molar-refractivity contribution >= 4 is 29.1 Å². The van der Waals surface area contributed by atoms with Crippen molar-refractivity contribution in [3.05, 3.63) is 81.9 Å². The normalized spacial score (nSPS) is 22.2. The average Bonchev–Trinajstić information content (AvgIpc) is 2.87. The number of nitrogens with one attached hydrogen (secondary N) is 3. The molecule has 1 fully saturated rings. The van der Waals surface area contributed by atoms with Gasteiger partial charge in [-0.1, -0.05) is 29.8 Å². The van der Waals surface area contributed by atoms with Crippen molar-refractivity contribution in [2.75, 3.05) is 6.61 Å². The molecule has 1 aliphatic carbocycles. The van der Waals surface area contributed by atoms with Crippen LogP contribution in [0.5, 0.6) is 0 Å². The lowest BCUT2D eigenvalue weighted by atomic mass is 9.84. The summed E-state index contributed by atoms with van der Waals surface area (Å²) in [7, 11) is 0. The van der Waals surface area contributed by atoms with Crippen LogP contribution >= 0.6 is 11.6 Å². The monoisotopic (exact) mass is 527 g/mol. The van der Waals surface area contributed by atoms with Gasteiger partial charge in [0.1, 0.15) is 12.0 Å². The second-order valence-corrected chi connectivity index (χ2v) is 9.85. The van der Waals surface area contributed by atoms with Crippen molar-refractivity contribution in [3.8, 4) is 0 Å². The number of halogens is 2. The van der Waals surface area contributed by atoms with Crippen molar-refractivity contribution in [2.24, 2.45) is 16.6 Å². The minimum Gasteiger partial charge on any atom is -0.394 e. The van der Waals surface area contributed by atoms with Crippen LogP contribution in [0.25, 0.3) is 0 Å². The Bertz CT molecular complexity index is 1230. The molecule has 8 nitrogen and oxygen atoms in total. The summed E-state index contributed by atoms with van der Waals surface area (Å²) < 4.78 is 15.1. The fraction of sp³-hybridized carbons (Fsp3) is 0.370. The third kappa shape index (κ3) is 6.54. The maximum absolute atomic E-state index is 15.1. The van der Waals surface area contributed by atoms with E-state index in [1.54, 1.807) is 36.5 Å². The van der Waals surface area contributed by atoms with E-state index in [1.807, 2.05) is 0 Å². The Kier molecular flexibility index (Phi) is 8.58. The molecule has 0 bridgehead atoms. The number of hydrogen-bond acceptors (Lipinski definition) is 6. The van der Waals surface area contributed by atoms with Gasteiger partial charge in [-0.05, 0) is 55.5 Å². The van der Waals surface area contributed by atoms with Crippen molar-refractivity contribution < 1.29 is 19.1 Å². The third-order valence-corrected chi connectivity index (χ3v) is 6.99. The second-order valence-electron chi connectivity index (χ2n) is 9.42. The smallest absolute Gasteiger partial charge is 0.254 e. The molecule has 0 aromatic heterocycles. The Morgan fingerprint density at radius 1 is 1.22 bits per heavy atom. The van der Waals surface area contributed by atoms with E-state index in [4.69, 9.17) is 22.3 Å². The number of rotatable bonds is 7. The number of nitrogens with zero attached hydrogens (tertiary/aromatic N) is 1. The summed E-state index contributed by atoms with van der Waals surface area (Å²) in [5.41, 5.74) is 8.46. The van der Waals surface area contributed by atoms with Crippen LogP contribution in [0.1, 0.15) is 60.1 Å². The van der Waals surface area contributed by atoms with Gasteiger partial charge in [-0.15, -0.1) is 0 Å². The second kappa shape index (κ2) is 11.9. The lowest BCUT2D eigenvalue weighted by Gasteiger charge is -2.31. The van der Waals surface area contributed by atoms with Crippen LogP contribution in [-0.2, 0) is 4.79 Å². The van der Waals surface area contributed by atoms with E-state index in [-0.39, 0.29) is 30.0 Å². The molecule has 2 aromatic rings. The number of aliphatic hydroxyl groups excluding tert-OH is 1. The van der Waals surface area contributed by atoms with Gasteiger partial charge in [-0.3, -0.25) is 14.6 Å². The summed E-state index contributed by atoms with van der Waals surface area (Å²) >= 11 is 6.01. The summed E-state index contributed by atoms with van der Waals surface area (Å²) in [5.74, 6) is -1.20. The van der Waals surface area contributed by atoms with Crippen LogP contribution in [0.2, 0.25) is 5.02 Å². The summed E-state index contributed by atoms with van der Waals surface area (Å²) in [5, 5.41) is 18.9. The highest BCUT2D eigenvalue weighted by Gasteiger charge is 2.28. The topological polar surface area (TPSA) is 129 Å². The van der Waals surface area contributed by atoms with Gasteiger partial charge in [0.25, 0.3) is 5.91 Å². The SMILES string of the molecule is CC(=O)NC1CCC(C2=CNC(N)C(c3ccc(C(=O)N[C@H](CO)c4cccc(Cl)c4)c(F)c3)=N2)CC1. The zero-order valence-electron chi connectivity index (χ0n) is 20.5. The van der Waals surface area contributed by atoms with E-state index >= 15 is 4.39 Å².